The molecule has 0 saturated carbocycles. The van der Waals surface area contributed by atoms with Gasteiger partial charge in [0, 0.05) is 0 Å². The van der Waals surface area contributed by atoms with Crippen LogP contribution in [-0.4, -0.2) is 17.7 Å². The Bertz CT molecular complexity index is 707. The minimum absolute atomic E-state index is 0.426. The van der Waals surface area contributed by atoms with Gasteiger partial charge in [-0.25, -0.2) is 4.79 Å². The lowest BCUT2D eigenvalue weighted by Gasteiger charge is -2.06. The Labute approximate surface area is 194 Å². The van der Waals surface area contributed by atoms with Gasteiger partial charge < -0.3 is 5.11 Å². The fourth-order valence-electron chi connectivity index (χ4n) is 3.38. The summed E-state index contributed by atoms with van der Waals surface area (Å²) in [5.41, 5.74) is 2.83. The molecule has 0 radical (unpaired) electrons. The maximum absolute atomic E-state index is 11.5. The third-order valence-corrected chi connectivity index (χ3v) is 5.39. The second-order valence-corrected chi connectivity index (χ2v) is 8.21. The van der Waals surface area contributed by atoms with Gasteiger partial charge in [0.05, 0.1) is 12.2 Å². The lowest BCUT2D eigenvalue weighted by Crippen LogP contribution is -2.06. The largest absolute Gasteiger partial charge is 0.508 e. The molecule has 178 valence electrons. The molecule has 0 aliphatic heterocycles. The first-order valence-corrected chi connectivity index (χ1v) is 12.3. The summed E-state index contributed by atoms with van der Waals surface area (Å²) < 4.78 is 0. The molecule has 0 unspecified atom stereocenters. The molecular weight excluding hydrogens is 400 g/mol. The molecule has 2 aromatic rings. The number of carbonyl (C=O) groups excluding carboxylic acids is 1. The number of hydrogen-bond acceptors (Lipinski definition) is 4. The van der Waals surface area contributed by atoms with Crippen molar-refractivity contribution in [3.05, 3.63) is 65.2 Å². The summed E-state index contributed by atoms with van der Waals surface area (Å²) >= 11 is 0. The van der Waals surface area contributed by atoms with Crippen molar-refractivity contribution in [2.24, 2.45) is 0 Å². The predicted octanol–water partition coefficient (Wildman–Crippen LogP) is 7.96. The first-order valence-electron chi connectivity index (χ1n) is 12.3. The zero-order chi connectivity index (χ0) is 23.4. The van der Waals surface area contributed by atoms with Crippen molar-refractivity contribution in [2.75, 3.05) is 6.61 Å². The van der Waals surface area contributed by atoms with Crippen LogP contribution in [0.15, 0.2) is 48.5 Å². The Morgan fingerprint density at radius 1 is 0.781 bits per heavy atom. The zero-order valence-corrected chi connectivity index (χ0v) is 20.3. The van der Waals surface area contributed by atoms with E-state index < -0.39 is 5.97 Å². The fourth-order valence-corrected chi connectivity index (χ4v) is 3.38. The van der Waals surface area contributed by atoms with E-state index in [0.29, 0.717) is 17.9 Å². The molecule has 0 saturated heterocycles. The van der Waals surface area contributed by atoms with Crippen molar-refractivity contribution < 1.29 is 19.7 Å². The molecule has 0 heterocycles. The van der Waals surface area contributed by atoms with Gasteiger partial charge >= 0.3 is 5.97 Å². The highest BCUT2D eigenvalue weighted by molar-refractivity contribution is 5.88. The molecule has 0 bridgehead atoms. The number of aryl methyl sites for hydroxylation is 1. The minimum Gasteiger partial charge on any atom is -0.508 e. The van der Waals surface area contributed by atoms with Gasteiger partial charge in [-0.15, -0.1) is 0 Å². The zero-order valence-electron chi connectivity index (χ0n) is 20.3. The van der Waals surface area contributed by atoms with E-state index in [1.807, 2.05) is 25.1 Å². The Morgan fingerprint density at radius 3 is 2.03 bits per heavy atom. The van der Waals surface area contributed by atoms with Gasteiger partial charge in [0.1, 0.15) is 5.75 Å². The maximum Gasteiger partial charge on any atom is 0.373 e. The average molecular weight is 443 g/mol. The summed E-state index contributed by atoms with van der Waals surface area (Å²) in [7, 11) is 0. The van der Waals surface area contributed by atoms with E-state index in [0.717, 1.165) is 31.2 Å². The average Bonchev–Trinajstić information content (AvgIpc) is 2.81. The van der Waals surface area contributed by atoms with Crippen LogP contribution in [0.3, 0.4) is 0 Å². The summed E-state index contributed by atoms with van der Waals surface area (Å²) in [5, 5.41) is 9.52. The van der Waals surface area contributed by atoms with Crippen molar-refractivity contribution >= 4 is 5.97 Å². The Hall–Kier alpha value is -2.33. The molecule has 0 aliphatic carbocycles. The van der Waals surface area contributed by atoms with E-state index in [1.54, 1.807) is 30.3 Å². The summed E-state index contributed by atoms with van der Waals surface area (Å²) in [6, 6.07) is 14.6. The third-order valence-electron chi connectivity index (χ3n) is 5.39. The molecule has 4 heteroatoms. The highest BCUT2D eigenvalue weighted by atomic mass is 17.2. The fraction of sp³-hybridized carbons (Fsp3) is 0.536. The highest BCUT2D eigenvalue weighted by Gasteiger charge is 2.06. The number of unbranched alkanes of at least 4 members (excludes halogenated alkanes) is 8. The molecule has 0 atom stereocenters. The second kappa shape index (κ2) is 18.3. The van der Waals surface area contributed by atoms with Crippen molar-refractivity contribution in [1.82, 2.24) is 0 Å². The van der Waals surface area contributed by atoms with Gasteiger partial charge in [-0.3, -0.25) is 4.89 Å². The van der Waals surface area contributed by atoms with Crippen LogP contribution >= 0.6 is 0 Å². The van der Waals surface area contributed by atoms with Crippen LogP contribution in [0, 0.1) is 6.92 Å². The molecule has 4 nitrogen and oxygen atoms in total. The minimum atomic E-state index is -0.426. The molecule has 2 aromatic carbocycles. The molecule has 0 aliphatic rings. The SMILES string of the molecule is CCCCCCCCCCOOC(=O)c1ccccc1.CCCCc1c(C)cccc1O. The van der Waals surface area contributed by atoms with E-state index in [9.17, 15) is 9.90 Å². The summed E-state index contributed by atoms with van der Waals surface area (Å²) in [6.07, 6.45) is 13.2. The van der Waals surface area contributed by atoms with Gasteiger partial charge in [0.25, 0.3) is 0 Å². The third kappa shape index (κ3) is 12.5. The molecule has 32 heavy (non-hydrogen) atoms. The number of carbonyl (C=O) groups is 1. The second-order valence-electron chi connectivity index (χ2n) is 8.21. The van der Waals surface area contributed by atoms with Crippen LogP contribution in [0.5, 0.6) is 5.75 Å². The number of phenols is 1. The summed E-state index contributed by atoms with van der Waals surface area (Å²) in [6.45, 7) is 6.92. The van der Waals surface area contributed by atoms with E-state index in [4.69, 9.17) is 9.78 Å². The molecule has 0 amide bonds. The van der Waals surface area contributed by atoms with Gasteiger partial charge in [-0.1, -0.05) is 95.5 Å². The van der Waals surface area contributed by atoms with Crippen LogP contribution < -0.4 is 0 Å². The van der Waals surface area contributed by atoms with Crippen molar-refractivity contribution in [3.63, 3.8) is 0 Å². The summed E-state index contributed by atoms with van der Waals surface area (Å²) in [5.74, 6) is 0.0219. The van der Waals surface area contributed by atoms with Crippen molar-refractivity contribution in [2.45, 2.75) is 91.4 Å². The monoisotopic (exact) mass is 442 g/mol. The van der Waals surface area contributed by atoms with Crippen LogP contribution in [0.4, 0.5) is 0 Å². The lowest BCUT2D eigenvalue weighted by atomic mass is 10.0. The van der Waals surface area contributed by atoms with Crippen LogP contribution in [0.1, 0.15) is 99.5 Å². The van der Waals surface area contributed by atoms with E-state index in [-0.39, 0.29) is 0 Å². The highest BCUT2D eigenvalue weighted by Crippen LogP contribution is 2.22. The Balaban J connectivity index is 0.000000363. The first kappa shape index (κ1) is 27.7. The summed E-state index contributed by atoms with van der Waals surface area (Å²) in [4.78, 5) is 21.2. The van der Waals surface area contributed by atoms with Crippen LogP contribution in [0.25, 0.3) is 0 Å². The standard InChI is InChI=1S/C17H26O3.C11H16O/c1-2-3-4-5-6-7-8-12-15-19-20-17(18)16-13-10-9-11-14-16;1-3-4-7-10-9(2)6-5-8-11(10)12/h9-11,13-14H,2-8,12,15H2,1H3;5-6,8,12H,3-4,7H2,1-2H3. The van der Waals surface area contributed by atoms with Crippen molar-refractivity contribution in [1.29, 1.82) is 0 Å². The Kier molecular flexibility index (Phi) is 15.8. The molecule has 2 rings (SSSR count). The normalized spacial score (nSPS) is 10.3. The molecule has 1 N–H and O–H groups in total. The predicted molar refractivity (Wildman–Crippen MR) is 132 cm³/mol. The Morgan fingerprint density at radius 2 is 1.41 bits per heavy atom. The van der Waals surface area contributed by atoms with Gasteiger partial charge in [0.2, 0.25) is 0 Å². The molecular formula is C28H42O4. The van der Waals surface area contributed by atoms with Gasteiger partial charge in [-0.05, 0) is 55.5 Å². The van der Waals surface area contributed by atoms with Gasteiger partial charge in [-0.2, -0.15) is 4.89 Å². The van der Waals surface area contributed by atoms with Crippen LogP contribution in [0.2, 0.25) is 0 Å². The van der Waals surface area contributed by atoms with E-state index >= 15 is 0 Å². The van der Waals surface area contributed by atoms with Gasteiger partial charge in [0.15, 0.2) is 0 Å². The molecule has 0 fully saturated rings. The number of aromatic hydroxyl groups is 1. The van der Waals surface area contributed by atoms with Crippen LogP contribution in [-0.2, 0) is 16.2 Å². The number of benzene rings is 2. The van der Waals surface area contributed by atoms with Crippen molar-refractivity contribution in [3.8, 4) is 5.75 Å². The smallest absolute Gasteiger partial charge is 0.373 e. The number of rotatable bonds is 14. The number of hydrogen-bond donors (Lipinski definition) is 1. The number of phenolic OH excluding ortho intramolecular Hbond substituents is 1. The molecule has 0 spiro atoms. The topological polar surface area (TPSA) is 55.8 Å². The first-order chi connectivity index (χ1) is 15.6. The quantitative estimate of drug-likeness (QED) is 0.183. The van der Waals surface area contributed by atoms with E-state index in [2.05, 4.69) is 13.8 Å². The van der Waals surface area contributed by atoms with E-state index in [1.165, 1.54) is 50.5 Å². The maximum atomic E-state index is 11.5. The lowest BCUT2D eigenvalue weighted by molar-refractivity contribution is -0.241. The molecule has 0 aromatic heterocycles.